The van der Waals surface area contributed by atoms with Gasteiger partial charge in [0.15, 0.2) is 0 Å². The van der Waals surface area contributed by atoms with Crippen LogP contribution in [-0.2, 0) is 13.1 Å². The van der Waals surface area contributed by atoms with E-state index in [-0.39, 0.29) is 0 Å². The zero-order valence-electron chi connectivity index (χ0n) is 17.0. The second kappa shape index (κ2) is 7.61. The van der Waals surface area contributed by atoms with Gasteiger partial charge in [-0.15, -0.1) is 0 Å². The van der Waals surface area contributed by atoms with Gasteiger partial charge in [0, 0.05) is 48.5 Å². The second-order valence-corrected chi connectivity index (χ2v) is 8.21. The third kappa shape index (κ3) is 3.66. The molecule has 0 bridgehead atoms. The fourth-order valence-corrected chi connectivity index (χ4v) is 4.49. The number of hydrogen-bond acceptors (Lipinski definition) is 5. The molecule has 2 N–H and O–H groups in total. The van der Waals surface area contributed by atoms with Crippen LogP contribution < -0.4 is 10.6 Å². The Labute approximate surface area is 171 Å². The number of pyridine rings is 1. The fourth-order valence-electron chi connectivity index (χ4n) is 4.49. The Morgan fingerprint density at radius 2 is 2.14 bits per heavy atom. The quantitative estimate of drug-likeness (QED) is 0.699. The van der Waals surface area contributed by atoms with Crippen molar-refractivity contribution in [1.82, 2.24) is 24.8 Å². The predicted molar refractivity (Wildman–Crippen MR) is 118 cm³/mol. The van der Waals surface area contributed by atoms with Crippen LogP contribution in [0.2, 0.25) is 0 Å². The van der Waals surface area contributed by atoms with Crippen LogP contribution in [0.5, 0.6) is 0 Å². The summed E-state index contributed by atoms with van der Waals surface area (Å²) in [4.78, 5) is 11.6. The van der Waals surface area contributed by atoms with E-state index in [1.54, 1.807) is 0 Å². The molecule has 2 aliphatic rings. The van der Waals surface area contributed by atoms with E-state index >= 15 is 0 Å². The number of nitrogens with one attached hydrogen (secondary N) is 2. The molecule has 1 aromatic carbocycles. The van der Waals surface area contributed by atoms with Crippen molar-refractivity contribution in [2.75, 3.05) is 25.0 Å². The standard InChI is InChI=1S/C23H28N6/c1-16(15-28-8-3-4-17(28)2)27-22-11-20-10-18(5-6-19(20)12-25-22)21-13-26-23-14-24-7-9-29(21)23/h5-6,10-13,17,24H,1,3-4,7-9,14-15H2,2H3,(H,25,27)/t17-/m1/s1. The smallest absolute Gasteiger partial charge is 0.130 e. The molecule has 2 aliphatic heterocycles. The highest BCUT2D eigenvalue weighted by atomic mass is 15.2. The van der Waals surface area contributed by atoms with Crippen LogP contribution in [0.15, 0.2) is 48.9 Å². The van der Waals surface area contributed by atoms with Crippen LogP contribution in [0.1, 0.15) is 25.6 Å². The SMILES string of the molecule is C=C(CN1CCC[C@H]1C)Nc1cc2cc(-c3cnc4n3CCNC4)ccc2cn1. The van der Waals surface area contributed by atoms with Gasteiger partial charge in [-0.1, -0.05) is 18.7 Å². The van der Waals surface area contributed by atoms with Gasteiger partial charge in [-0.2, -0.15) is 0 Å². The predicted octanol–water partition coefficient (Wildman–Crippen LogP) is 3.61. The average Bonchev–Trinajstić information content (AvgIpc) is 3.34. The van der Waals surface area contributed by atoms with E-state index in [2.05, 4.69) is 67.8 Å². The van der Waals surface area contributed by atoms with E-state index in [4.69, 9.17) is 0 Å². The maximum absolute atomic E-state index is 4.59. The van der Waals surface area contributed by atoms with Crippen LogP contribution in [0.4, 0.5) is 5.82 Å². The van der Waals surface area contributed by atoms with Crippen molar-refractivity contribution in [1.29, 1.82) is 0 Å². The molecular weight excluding hydrogens is 360 g/mol. The summed E-state index contributed by atoms with van der Waals surface area (Å²) in [5, 5.41) is 9.10. The van der Waals surface area contributed by atoms with Crippen molar-refractivity contribution < 1.29 is 0 Å². The highest BCUT2D eigenvalue weighted by Crippen LogP contribution is 2.27. The van der Waals surface area contributed by atoms with Crippen LogP contribution in [0.25, 0.3) is 22.0 Å². The summed E-state index contributed by atoms with van der Waals surface area (Å²) >= 11 is 0. The Morgan fingerprint density at radius 3 is 3.00 bits per heavy atom. The van der Waals surface area contributed by atoms with Crippen LogP contribution in [0.3, 0.4) is 0 Å². The third-order valence-corrected chi connectivity index (χ3v) is 6.14. The molecule has 0 saturated carbocycles. The van der Waals surface area contributed by atoms with Gasteiger partial charge in [0.1, 0.15) is 11.6 Å². The molecule has 29 heavy (non-hydrogen) atoms. The van der Waals surface area contributed by atoms with Crippen molar-refractivity contribution in [2.45, 2.75) is 38.9 Å². The molecule has 150 valence electrons. The highest BCUT2D eigenvalue weighted by Gasteiger charge is 2.20. The Kier molecular flexibility index (Phi) is 4.81. The van der Waals surface area contributed by atoms with Gasteiger partial charge >= 0.3 is 0 Å². The summed E-state index contributed by atoms with van der Waals surface area (Å²) in [6, 6.07) is 9.30. The van der Waals surface area contributed by atoms with Crippen molar-refractivity contribution in [3.8, 4) is 11.3 Å². The molecule has 4 heterocycles. The summed E-state index contributed by atoms with van der Waals surface area (Å²) in [5.41, 5.74) is 3.38. The molecular formula is C23H28N6. The monoisotopic (exact) mass is 388 g/mol. The van der Waals surface area contributed by atoms with E-state index < -0.39 is 0 Å². The van der Waals surface area contributed by atoms with Gasteiger partial charge in [-0.05, 0) is 43.8 Å². The molecule has 0 radical (unpaired) electrons. The number of benzene rings is 1. The normalized spacial score (nSPS) is 19.4. The molecule has 2 aromatic heterocycles. The molecule has 6 heteroatoms. The Morgan fingerprint density at radius 1 is 1.21 bits per heavy atom. The fraction of sp³-hybridized carbons (Fsp3) is 0.391. The molecule has 1 saturated heterocycles. The van der Waals surface area contributed by atoms with Crippen LogP contribution in [-0.4, -0.2) is 45.1 Å². The summed E-state index contributed by atoms with van der Waals surface area (Å²) in [7, 11) is 0. The molecule has 1 fully saturated rings. The minimum Gasteiger partial charge on any atom is -0.343 e. The number of likely N-dealkylation sites (tertiary alicyclic amines) is 1. The summed E-state index contributed by atoms with van der Waals surface area (Å²) < 4.78 is 2.32. The molecule has 5 rings (SSSR count). The number of aromatic nitrogens is 3. The number of imidazole rings is 1. The minimum absolute atomic E-state index is 0.637. The van der Waals surface area contributed by atoms with Crippen molar-refractivity contribution >= 4 is 16.6 Å². The number of hydrogen-bond donors (Lipinski definition) is 2. The topological polar surface area (TPSA) is 58.0 Å². The van der Waals surface area contributed by atoms with Crippen molar-refractivity contribution in [3.05, 3.63) is 54.8 Å². The number of fused-ring (bicyclic) bond motifs is 2. The molecule has 1 atom stereocenters. The first-order chi connectivity index (χ1) is 14.2. The van der Waals surface area contributed by atoms with Gasteiger partial charge in [-0.25, -0.2) is 9.97 Å². The minimum atomic E-state index is 0.637. The van der Waals surface area contributed by atoms with Crippen molar-refractivity contribution in [3.63, 3.8) is 0 Å². The molecule has 0 aliphatic carbocycles. The van der Waals surface area contributed by atoms with E-state index in [0.29, 0.717) is 6.04 Å². The molecule has 0 amide bonds. The van der Waals surface area contributed by atoms with Crippen LogP contribution in [0, 0.1) is 0 Å². The largest absolute Gasteiger partial charge is 0.343 e. The van der Waals surface area contributed by atoms with Gasteiger partial charge in [0.05, 0.1) is 18.4 Å². The average molecular weight is 389 g/mol. The van der Waals surface area contributed by atoms with Gasteiger partial charge < -0.3 is 15.2 Å². The maximum atomic E-state index is 4.59. The number of rotatable bonds is 5. The summed E-state index contributed by atoms with van der Waals surface area (Å²) in [6.07, 6.45) is 6.48. The lowest BCUT2D eigenvalue weighted by Crippen LogP contribution is -2.30. The zero-order chi connectivity index (χ0) is 19.8. The van der Waals surface area contributed by atoms with E-state index in [1.807, 2.05) is 12.4 Å². The molecule has 0 spiro atoms. The molecule has 0 unspecified atom stereocenters. The Balaban J connectivity index is 1.38. The number of nitrogens with zero attached hydrogens (tertiary/aromatic N) is 4. The van der Waals surface area contributed by atoms with E-state index in [1.165, 1.54) is 29.5 Å². The molecule has 6 nitrogen and oxygen atoms in total. The third-order valence-electron chi connectivity index (χ3n) is 6.14. The van der Waals surface area contributed by atoms with Crippen molar-refractivity contribution in [2.24, 2.45) is 0 Å². The molecule has 3 aromatic rings. The maximum Gasteiger partial charge on any atom is 0.130 e. The van der Waals surface area contributed by atoms with Crippen LogP contribution >= 0.6 is 0 Å². The van der Waals surface area contributed by atoms with Gasteiger partial charge in [-0.3, -0.25) is 4.90 Å². The lowest BCUT2D eigenvalue weighted by atomic mass is 10.1. The lowest BCUT2D eigenvalue weighted by molar-refractivity contribution is 0.292. The summed E-state index contributed by atoms with van der Waals surface area (Å²) in [6.45, 7) is 11.3. The zero-order valence-corrected chi connectivity index (χ0v) is 17.0. The van der Waals surface area contributed by atoms with E-state index in [9.17, 15) is 0 Å². The Bertz CT molecular complexity index is 1050. The van der Waals surface area contributed by atoms with E-state index in [0.717, 1.165) is 55.4 Å². The number of anilines is 1. The first-order valence-corrected chi connectivity index (χ1v) is 10.5. The first-order valence-electron chi connectivity index (χ1n) is 10.5. The summed E-state index contributed by atoms with van der Waals surface area (Å²) in [5.74, 6) is 1.96. The lowest BCUT2D eigenvalue weighted by Gasteiger charge is -2.22. The van der Waals surface area contributed by atoms with Gasteiger partial charge in [0.25, 0.3) is 0 Å². The second-order valence-electron chi connectivity index (χ2n) is 8.21. The Hall–Kier alpha value is -2.70. The first kappa shape index (κ1) is 18.3. The highest BCUT2D eigenvalue weighted by molar-refractivity contribution is 5.88. The van der Waals surface area contributed by atoms with Gasteiger partial charge in [0.2, 0.25) is 0 Å².